The van der Waals surface area contributed by atoms with Gasteiger partial charge in [0.25, 0.3) is 0 Å². The van der Waals surface area contributed by atoms with Crippen LogP contribution in [0, 0.1) is 11.8 Å². The molecule has 2 aromatic carbocycles. The summed E-state index contributed by atoms with van der Waals surface area (Å²) in [4.78, 5) is 0. The van der Waals surface area contributed by atoms with Gasteiger partial charge in [-0.05, 0) is 0 Å². The molecule has 0 radical (unpaired) electrons. The maximum Gasteiger partial charge on any atom is -0.147 e. The van der Waals surface area contributed by atoms with E-state index in [1.165, 1.54) is 20.1 Å². The average molecular weight is 491 g/mol. The standard InChI is InChI=1S/C20H28N2Se2.ClH/c1-13(2)19(21)15-9-5-7-11-17(15)23-24-18-12-8-6-10-16(18)20(22)14(3)4;/h5-14,19-20H,21-22H2,1-4H3;1H. The second-order valence-electron chi connectivity index (χ2n) is 6.78. The number of benzene rings is 2. The Hall–Kier alpha value is -0.311. The predicted octanol–water partition coefficient (Wildman–Crippen LogP) is 2.69. The van der Waals surface area contributed by atoms with Gasteiger partial charge >= 0.3 is 158 Å². The molecule has 2 aromatic rings. The Morgan fingerprint density at radius 1 is 0.640 bits per heavy atom. The van der Waals surface area contributed by atoms with Crippen LogP contribution in [0.5, 0.6) is 0 Å². The first-order valence-corrected chi connectivity index (χ1v) is 14.5. The summed E-state index contributed by atoms with van der Waals surface area (Å²) in [5.74, 6) is 0.909. The average Bonchev–Trinajstić information content (AvgIpc) is 2.59. The van der Waals surface area contributed by atoms with Gasteiger partial charge in [0.05, 0.1) is 0 Å². The Labute approximate surface area is 169 Å². The van der Waals surface area contributed by atoms with Crippen LogP contribution in [-0.4, -0.2) is 26.3 Å². The number of hydrogen-bond acceptors (Lipinski definition) is 2. The van der Waals surface area contributed by atoms with Crippen LogP contribution in [0.4, 0.5) is 0 Å². The molecule has 0 fully saturated rings. The Balaban J connectivity index is 0.00000312. The van der Waals surface area contributed by atoms with Gasteiger partial charge in [-0.3, -0.25) is 0 Å². The molecule has 5 heteroatoms. The molecule has 25 heavy (non-hydrogen) atoms. The molecule has 2 atom stereocenters. The molecule has 0 saturated carbocycles. The summed E-state index contributed by atoms with van der Waals surface area (Å²) in [6, 6.07) is 17.6. The van der Waals surface area contributed by atoms with Gasteiger partial charge < -0.3 is 0 Å². The van der Waals surface area contributed by atoms with Crippen molar-refractivity contribution < 1.29 is 0 Å². The van der Waals surface area contributed by atoms with Crippen molar-refractivity contribution in [3.8, 4) is 0 Å². The van der Waals surface area contributed by atoms with Crippen LogP contribution in [0.25, 0.3) is 0 Å². The van der Waals surface area contributed by atoms with Crippen LogP contribution < -0.4 is 20.4 Å². The Morgan fingerprint density at radius 2 is 0.960 bits per heavy atom. The fourth-order valence-corrected chi connectivity index (χ4v) is 9.94. The van der Waals surface area contributed by atoms with E-state index in [0.29, 0.717) is 38.1 Å². The van der Waals surface area contributed by atoms with Crippen molar-refractivity contribution in [2.45, 2.75) is 39.8 Å². The Bertz CT molecular complexity index is 604. The quantitative estimate of drug-likeness (QED) is 0.587. The van der Waals surface area contributed by atoms with Crippen LogP contribution >= 0.6 is 12.4 Å². The van der Waals surface area contributed by atoms with Crippen molar-refractivity contribution in [3.05, 3.63) is 59.7 Å². The van der Waals surface area contributed by atoms with Crippen molar-refractivity contribution in [3.63, 3.8) is 0 Å². The fraction of sp³-hybridized carbons (Fsp3) is 0.400. The van der Waals surface area contributed by atoms with Crippen molar-refractivity contribution in [1.29, 1.82) is 0 Å². The first kappa shape index (κ1) is 22.7. The molecule has 0 heterocycles. The Morgan fingerprint density at radius 3 is 1.28 bits per heavy atom. The smallest absolute Gasteiger partial charge is 0.147 e. The minimum absolute atomic E-state index is 0. The van der Waals surface area contributed by atoms with Gasteiger partial charge in [0.2, 0.25) is 0 Å². The van der Waals surface area contributed by atoms with E-state index in [1.807, 2.05) is 0 Å². The van der Waals surface area contributed by atoms with Gasteiger partial charge in [-0.25, -0.2) is 0 Å². The maximum absolute atomic E-state index is 6.42. The van der Waals surface area contributed by atoms with E-state index < -0.39 is 0 Å². The van der Waals surface area contributed by atoms with Crippen LogP contribution in [0.3, 0.4) is 0 Å². The second-order valence-corrected chi connectivity index (χ2v) is 13.0. The van der Waals surface area contributed by atoms with E-state index in [2.05, 4.69) is 76.2 Å². The molecule has 2 nitrogen and oxygen atoms in total. The fourth-order valence-electron chi connectivity index (χ4n) is 2.47. The molecule has 0 aliphatic carbocycles. The van der Waals surface area contributed by atoms with Gasteiger partial charge in [-0.2, -0.15) is 0 Å². The molecule has 138 valence electrons. The van der Waals surface area contributed by atoms with Crippen molar-refractivity contribution >= 4 is 47.6 Å². The molecule has 4 N–H and O–H groups in total. The van der Waals surface area contributed by atoms with Gasteiger partial charge in [-0.15, -0.1) is 12.4 Å². The zero-order valence-electron chi connectivity index (χ0n) is 15.3. The largest absolute Gasteiger partial charge is 0.147 e. The van der Waals surface area contributed by atoms with Crippen LogP contribution in [0.1, 0.15) is 50.9 Å². The minimum atomic E-state index is 0. The third-order valence-electron chi connectivity index (χ3n) is 4.21. The molecule has 0 aliphatic heterocycles. The molecule has 0 aliphatic rings. The summed E-state index contributed by atoms with van der Waals surface area (Å²) in [6.07, 6.45) is 0. The van der Waals surface area contributed by atoms with E-state index in [-0.39, 0.29) is 24.5 Å². The van der Waals surface area contributed by atoms with Crippen LogP contribution in [-0.2, 0) is 0 Å². The van der Waals surface area contributed by atoms with E-state index in [1.54, 1.807) is 0 Å². The first-order valence-electron chi connectivity index (χ1n) is 8.45. The van der Waals surface area contributed by atoms with E-state index in [4.69, 9.17) is 11.5 Å². The second kappa shape index (κ2) is 10.7. The maximum atomic E-state index is 6.42. The van der Waals surface area contributed by atoms with Gasteiger partial charge in [0.15, 0.2) is 0 Å². The molecular weight excluding hydrogens is 462 g/mol. The number of halogens is 1. The molecule has 0 aromatic heterocycles. The SMILES string of the molecule is CC(C)C(N)c1ccccc1[Se][Se]c1ccccc1C(N)C(C)C.Cl. The number of hydrogen-bond donors (Lipinski definition) is 2. The summed E-state index contributed by atoms with van der Waals surface area (Å²) >= 11 is 0.839. The van der Waals surface area contributed by atoms with Crippen LogP contribution in [0.15, 0.2) is 48.5 Å². The zero-order valence-corrected chi connectivity index (χ0v) is 19.6. The minimum Gasteiger partial charge on any atom is -0.147 e. The third kappa shape index (κ3) is 6.11. The van der Waals surface area contributed by atoms with Crippen LogP contribution in [0.2, 0.25) is 0 Å². The third-order valence-corrected chi connectivity index (χ3v) is 11.5. The van der Waals surface area contributed by atoms with Crippen molar-refractivity contribution in [1.82, 2.24) is 0 Å². The van der Waals surface area contributed by atoms with Gasteiger partial charge in [0.1, 0.15) is 0 Å². The van der Waals surface area contributed by atoms with E-state index in [9.17, 15) is 0 Å². The van der Waals surface area contributed by atoms with Crippen molar-refractivity contribution in [2.24, 2.45) is 23.3 Å². The molecule has 0 saturated heterocycles. The molecule has 0 amide bonds. The monoisotopic (exact) mass is 492 g/mol. The summed E-state index contributed by atoms with van der Waals surface area (Å²) in [6.45, 7) is 8.76. The zero-order chi connectivity index (χ0) is 17.7. The number of rotatable bonds is 7. The van der Waals surface area contributed by atoms with E-state index >= 15 is 0 Å². The predicted molar refractivity (Wildman–Crippen MR) is 114 cm³/mol. The summed E-state index contributed by atoms with van der Waals surface area (Å²) in [5.41, 5.74) is 15.5. The molecule has 2 rings (SSSR count). The number of nitrogens with two attached hydrogens (primary N) is 2. The Kier molecular flexibility index (Phi) is 9.77. The van der Waals surface area contributed by atoms with Crippen molar-refractivity contribution in [2.75, 3.05) is 0 Å². The molecule has 0 spiro atoms. The van der Waals surface area contributed by atoms with Gasteiger partial charge in [-0.1, -0.05) is 0 Å². The molecule has 2 unspecified atom stereocenters. The molecular formula is C20H29ClN2Se2. The van der Waals surface area contributed by atoms with Gasteiger partial charge in [0, 0.05) is 0 Å². The topological polar surface area (TPSA) is 52.0 Å². The summed E-state index contributed by atoms with van der Waals surface area (Å²) in [7, 11) is 0. The summed E-state index contributed by atoms with van der Waals surface area (Å²) in [5, 5.41) is 0. The molecule has 0 bridgehead atoms. The first-order chi connectivity index (χ1) is 11.4. The normalized spacial score (nSPS) is 13.6. The van der Waals surface area contributed by atoms with E-state index in [0.717, 1.165) is 0 Å². The summed E-state index contributed by atoms with van der Waals surface area (Å²) < 4.78 is 2.89.